The number of sulfonamides is 1. The van der Waals surface area contributed by atoms with Crippen molar-refractivity contribution in [1.29, 1.82) is 0 Å². The van der Waals surface area contributed by atoms with Crippen molar-refractivity contribution in [3.05, 3.63) is 35.8 Å². The highest BCUT2D eigenvalue weighted by Gasteiger charge is 2.31. The van der Waals surface area contributed by atoms with Gasteiger partial charge < -0.3 is 10.4 Å². The predicted molar refractivity (Wildman–Crippen MR) is 114 cm³/mol. The third-order valence-corrected chi connectivity index (χ3v) is 7.53. The van der Waals surface area contributed by atoms with Crippen molar-refractivity contribution < 1.29 is 27.5 Å². The van der Waals surface area contributed by atoms with E-state index in [1.807, 2.05) is 0 Å². The molecule has 0 unspecified atom stereocenters. The van der Waals surface area contributed by atoms with E-state index in [0.717, 1.165) is 6.07 Å². The number of hydrogen-bond donors (Lipinski definition) is 2. The fourth-order valence-corrected chi connectivity index (χ4v) is 4.48. The number of rotatable bonds is 7. The van der Waals surface area contributed by atoms with E-state index < -0.39 is 33.3 Å². The Morgan fingerprint density at radius 3 is 2.53 bits per heavy atom. The molecular weight excluding hydrogens is 441 g/mol. The first-order chi connectivity index (χ1) is 15.0. The summed E-state index contributed by atoms with van der Waals surface area (Å²) in [6.07, 6.45) is 2.29. The molecule has 1 saturated heterocycles. The normalized spacial score (nSPS) is 16.1. The molecule has 0 radical (unpaired) electrons. The summed E-state index contributed by atoms with van der Waals surface area (Å²) in [5.41, 5.74) is -0.802. The average molecular weight is 468 g/mol. The molecule has 1 fully saturated rings. The van der Waals surface area contributed by atoms with E-state index in [4.69, 9.17) is 0 Å². The number of aromatic nitrogens is 3. The van der Waals surface area contributed by atoms with Gasteiger partial charge in [0.25, 0.3) is 5.91 Å². The number of carboxylic acids is 1. The van der Waals surface area contributed by atoms with Gasteiger partial charge in [-0.15, -0.1) is 5.10 Å². The summed E-state index contributed by atoms with van der Waals surface area (Å²) in [5.74, 6) is -2.39. The van der Waals surface area contributed by atoms with Crippen molar-refractivity contribution in [1.82, 2.24) is 24.6 Å². The number of benzene rings is 1. The maximum absolute atomic E-state index is 14.4. The second-order valence-electron chi connectivity index (χ2n) is 8.15. The van der Waals surface area contributed by atoms with Crippen LogP contribution in [-0.2, 0) is 20.4 Å². The zero-order valence-corrected chi connectivity index (χ0v) is 18.9. The van der Waals surface area contributed by atoms with E-state index in [0.29, 0.717) is 37.2 Å². The van der Waals surface area contributed by atoms with Gasteiger partial charge in [-0.2, -0.15) is 0 Å². The van der Waals surface area contributed by atoms with Crippen LogP contribution >= 0.6 is 0 Å². The Morgan fingerprint density at radius 1 is 1.28 bits per heavy atom. The van der Waals surface area contributed by atoms with Crippen molar-refractivity contribution in [3.63, 3.8) is 0 Å². The van der Waals surface area contributed by atoms with Crippen molar-refractivity contribution in [2.24, 2.45) is 0 Å². The van der Waals surface area contributed by atoms with Crippen LogP contribution in [0.15, 0.2) is 24.4 Å². The van der Waals surface area contributed by atoms with Crippen molar-refractivity contribution >= 4 is 21.9 Å². The molecule has 32 heavy (non-hydrogen) atoms. The molecule has 0 spiro atoms. The first-order valence-electron chi connectivity index (χ1n) is 10.2. The highest BCUT2D eigenvalue weighted by atomic mass is 32.2. The molecule has 3 rings (SSSR count). The Kier molecular flexibility index (Phi) is 6.65. The summed E-state index contributed by atoms with van der Waals surface area (Å²) in [4.78, 5) is 24.1. The van der Waals surface area contributed by atoms with Gasteiger partial charge in [0.1, 0.15) is 11.5 Å². The topological polar surface area (TPSA) is 134 Å². The lowest BCUT2D eigenvalue weighted by atomic mass is 10.0. The van der Waals surface area contributed by atoms with Gasteiger partial charge in [-0.05, 0) is 51.8 Å². The lowest BCUT2D eigenvalue weighted by Gasteiger charge is -2.31. The fraction of sp³-hybridized carbons (Fsp3) is 0.500. The SMILES string of the molecule is CCS(=O)(=O)N1CCC(NC(=O)c2cc(-c3cn(C(C)(C)C(=O)O)nn3)ccc2F)CC1. The van der Waals surface area contributed by atoms with Gasteiger partial charge in [0, 0.05) is 24.7 Å². The number of nitrogens with one attached hydrogen (secondary N) is 1. The lowest BCUT2D eigenvalue weighted by molar-refractivity contribution is -0.146. The number of carbonyl (C=O) groups excluding carboxylic acids is 1. The van der Waals surface area contributed by atoms with E-state index in [9.17, 15) is 27.5 Å². The Bertz CT molecular complexity index is 1120. The molecule has 1 aromatic heterocycles. The number of hydrogen-bond acceptors (Lipinski definition) is 6. The average Bonchev–Trinajstić information content (AvgIpc) is 3.25. The number of carboxylic acid groups (broad SMARTS) is 1. The monoisotopic (exact) mass is 467 g/mol. The number of nitrogens with zero attached hydrogens (tertiary/aromatic N) is 4. The highest BCUT2D eigenvalue weighted by molar-refractivity contribution is 7.89. The summed E-state index contributed by atoms with van der Waals surface area (Å²) in [7, 11) is -3.27. The lowest BCUT2D eigenvalue weighted by Crippen LogP contribution is -2.47. The van der Waals surface area contributed by atoms with Gasteiger partial charge in [-0.1, -0.05) is 5.21 Å². The number of aliphatic carboxylic acids is 1. The molecule has 1 aromatic carbocycles. The molecule has 1 amide bonds. The standard InChI is InChI=1S/C20H26FN5O5S/c1-4-32(30,31)25-9-7-14(8-10-25)22-18(27)15-11-13(5-6-16(15)21)17-12-26(24-23-17)20(2,3)19(28)29/h5-6,11-12,14H,4,7-10H2,1-3H3,(H,22,27)(H,28,29). The molecule has 12 heteroatoms. The summed E-state index contributed by atoms with van der Waals surface area (Å²) in [5, 5.41) is 19.9. The van der Waals surface area contributed by atoms with Crippen molar-refractivity contribution in [2.45, 2.75) is 45.2 Å². The highest BCUT2D eigenvalue weighted by Crippen LogP contribution is 2.23. The first kappa shape index (κ1) is 23.8. The predicted octanol–water partition coefficient (Wildman–Crippen LogP) is 1.45. The van der Waals surface area contributed by atoms with E-state index in [2.05, 4.69) is 15.6 Å². The number of amides is 1. The Morgan fingerprint density at radius 2 is 1.94 bits per heavy atom. The summed E-state index contributed by atoms with van der Waals surface area (Å²) in [6, 6.07) is 3.64. The maximum Gasteiger partial charge on any atom is 0.331 e. The minimum Gasteiger partial charge on any atom is -0.479 e. The van der Waals surface area contributed by atoms with Gasteiger partial charge in [-0.25, -0.2) is 26.6 Å². The first-order valence-corrected chi connectivity index (χ1v) is 11.8. The van der Waals surface area contributed by atoms with Gasteiger partial charge >= 0.3 is 5.97 Å². The Hall–Kier alpha value is -2.86. The van der Waals surface area contributed by atoms with Crippen LogP contribution in [0.1, 0.15) is 44.0 Å². The van der Waals surface area contributed by atoms with E-state index in [1.54, 1.807) is 6.92 Å². The molecular formula is C20H26FN5O5S. The van der Waals surface area contributed by atoms with Crippen LogP contribution in [0.4, 0.5) is 4.39 Å². The van der Waals surface area contributed by atoms with Crippen LogP contribution in [0.25, 0.3) is 11.3 Å². The summed E-state index contributed by atoms with van der Waals surface area (Å²) >= 11 is 0. The molecule has 0 aliphatic carbocycles. The van der Waals surface area contributed by atoms with Gasteiger partial charge in [0.05, 0.1) is 17.5 Å². The zero-order chi connectivity index (χ0) is 23.7. The molecule has 2 aromatic rings. The molecule has 174 valence electrons. The second kappa shape index (κ2) is 8.94. The molecule has 1 aliphatic rings. The third-order valence-electron chi connectivity index (χ3n) is 5.64. The molecule has 2 N–H and O–H groups in total. The van der Waals surface area contributed by atoms with Crippen LogP contribution < -0.4 is 5.32 Å². The third kappa shape index (κ3) is 4.80. The molecule has 0 atom stereocenters. The molecule has 0 saturated carbocycles. The Balaban J connectivity index is 1.73. The quantitative estimate of drug-likeness (QED) is 0.629. The minimum atomic E-state index is -3.27. The van der Waals surface area contributed by atoms with Gasteiger partial charge in [-0.3, -0.25) is 4.79 Å². The molecule has 2 heterocycles. The zero-order valence-electron chi connectivity index (χ0n) is 18.1. The van der Waals surface area contributed by atoms with Crippen LogP contribution in [0.3, 0.4) is 0 Å². The van der Waals surface area contributed by atoms with Crippen LogP contribution in [-0.4, -0.2) is 69.6 Å². The largest absolute Gasteiger partial charge is 0.479 e. The van der Waals surface area contributed by atoms with Crippen LogP contribution in [0.2, 0.25) is 0 Å². The molecule has 1 aliphatic heterocycles. The minimum absolute atomic E-state index is 0.0241. The Labute approximate surface area is 185 Å². The molecule has 10 nitrogen and oxygen atoms in total. The van der Waals surface area contributed by atoms with Crippen LogP contribution in [0, 0.1) is 5.82 Å². The number of carbonyl (C=O) groups is 2. The summed E-state index contributed by atoms with van der Waals surface area (Å²) < 4.78 is 40.9. The number of halogens is 1. The van der Waals surface area contributed by atoms with E-state index in [1.165, 1.54) is 41.2 Å². The van der Waals surface area contributed by atoms with Crippen molar-refractivity contribution in [2.75, 3.05) is 18.8 Å². The van der Waals surface area contributed by atoms with Gasteiger partial charge in [0.15, 0.2) is 5.54 Å². The fourth-order valence-electron chi connectivity index (χ4n) is 3.35. The molecule has 0 bridgehead atoms. The van der Waals surface area contributed by atoms with E-state index in [-0.39, 0.29) is 17.4 Å². The summed E-state index contributed by atoms with van der Waals surface area (Å²) in [6.45, 7) is 5.11. The van der Waals surface area contributed by atoms with Gasteiger partial charge in [0.2, 0.25) is 10.0 Å². The number of piperidine rings is 1. The van der Waals surface area contributed by atoms with Crippen LogP contribution in [0.5, 0.6) is 0 Å². The van der Waals surface area contributed by atoms with Crippen molar-refractivity contribution in [3.8, 4) is 11.3 Å². The maximum atomic E-state index is 14.4. The second-order valence-corrected chi connectivity index (χ2v) is 10.4. The smallest absolute Gasteiger partial charge is 0.331 e. The van der Waals surface area contributed by atoms with E-state index >= 15 is 0 Å².